The van der Waals surface area contributed by atoms with Gasteiger partial charge in [0.1, 0.15) is 5.82 Å². The van der Waals surface area contributed by atoms with Crippen molar-refractivity contribution in [1.29, 1.82) is 0 Å². The minimum atomic E-state index is -0.327. The minimum absolute atomic E-state index is 0.116. The highest BCUT2D eigenvalue weighted by Crippen LogP contribution is 2.28. The van der Waals surface area contributed by atoms with Crippen LogP contribution in [0.15, 0.2) is 72.1 Å². The number of thioether (sulfide) groups is 1. The zero-order valence-electron chi connectivity index (χ0n) is 18.5. The van der Waals surface area contributed by atoms with E-state index < -0.39 is 0 Å². The molecule has 1 amide bonds. The van der Waals surface area contributed by atoms with E-state index in [-0.39, 0.29) is 17.5 Å². The van der Waals surface area contributed by atoms with Crippen LogP contribution in [0.2, 0.25) is 0 Å². The van der Waals surface area contributed by atoms with Crippen molar-refractivity contribution in [2.45, 2.75) is 31.8 Å². The van der Waals surface area contributed by atoms with Crippen molar-refractivity contribution < 1.29 is 9.18 Å². The quantitative estimate of drug-likeness (QED) is 0.359. The Labute approximate surface area is 196 Å². The fourth-order valence-corrected chi connectivity index (χ4v) is 4.33. The largest absolute Gasteiger partial charge is 0.325 e. The first-order valence-electron chi connectivity index (χ1n) is 10.8. The maximum absolute atomic E-state index is 13.5. The van der Waals surface area contributed by atoms with Gasteiger partial charge in [-0.1, -0.05) is 43.8 Å². The molecule has 2 aromatic carbocycles. The number of aryl methyl sites for hydroxylation is 2. The summed E-state index contributed by atoms with van der Waals surface area (Å²) < 4.78 is 15.4. The van der Waals surface area contributed by atoms with Crippen LogP contribution in [-0.2, 0) is 17.6 Å². The zero-order chi connectivity index (χ0) is 23.2. The van der Waals surface area contributed by atoms with Gasteiger partial charge in [0.05, 0.1) is 5.75 Å². The molecule has 0 spiro atoms. The van der Waals surface area contributed by atoms with Gasteiger partial charge in [0.2, 0.25) is 5.91 Å². The Balaban J connectivity index is 1.60. The van der Waals surface area contributed by atoms with Crippen LogP contribution in [0, 0.1) is 5.82 Å². The Kier molecular flexibility index (Phi) is 7.14. The molecule has 0 fully saturated rings. The number of halogens is 1. The summed E-state index contributed by atoms with van der Waals surface area (Å²) in [6, 6.07) is 15.9. The number of benzene rings is 2. The lowest BCUT2D eigenvalue weighted by atomic mass is 10.0. The molecule has 0 bridgehead atoms. The molecule has 0 saturated heterocycles. The van der Waals surface area contributed by atoms with Crippen molar-refractivity contribution in [1.82, 2.24) is 19.7 Å². The number of rotatable bonds is 8. The molecule has 33 heavy (non-hydrogen) atoms. The van der Waals surface area contributed by atoms with Gasteiger partial charge in [-0.25, -0.2) is 4.39 Å². The van der Waals surface area contributed by atoms with Gasteiger partial charge in [-0.2, -0.15) is 0 Å². The minimum Gasteiger partial charge on any atom is -0.325 e. The van der Waals surface area contributed by atoms with Crippen molar-refractivity contribution in [2.24, 2.45) is 0 Å². The fourth-order valence-electron chi connectivity index (χ4n) is 3.58. The van der Waals surface area contributed by atoms with Gasteiger partial charge in [-0.15, -0.1) is 10.2 Å². The van der Waals surface area contributed by atoms with Crippen LogP contribution < -0.4 is 5.32 Å². The van der Waals surface area contributed by atoms with Crippen molar-refractivity contribution in [2.75, 3.05) is 11.1 Å². The number of anilines is 1. The van der Waals surface area contributed by atoms with Crippen LogP contribution in [0.25, 0.3) is 17.1 Å². The standard InChI is InChI=1S/C25H24FN5OS/c1-3-17-6-5-7-18(4-2)23(17)28-22(32)16-33-25-30-29-24(19-12-14-27-15-13-19)31(25)21-10-8-20(26)9-11-21/h5-15H,3-4,16H2,1-2H3,(H,28,32). The zero-order valence-corrected chi connectivity index (χ0v) is 19.3. The number of para-hydroxylation sites is 1. The van der Waals surface area contributed by atoms with E-state index in [1.807, 2.05) is 34.9 Å². The third-order valence-corrected chi connectivity index (χ3v) is 6.18. The Morgan fingerprint density at radius 2 is 1.64 bits per heavy atom. The lowest BCUT2D eigenvalue weighted by molar-refractivity contribution is -0.113. The molecule has 0 radical (unpaired) electrons. The molecule has 0 unspecified atom stereocenters. The van der Waals surface area contributed by atoms with E-state index in [4.69, 9.17) is 0 Å². The Morgan fingerprint density at radius 3 is 2.27 bits per heavy atom. The molecule has 4 aromatic rings. The summed E-state index contributed by atoms with van der Waals surface area (Å²) in [6.07, 6.45) is 5.03. The molecule has 2 heterocycles. The smallest absolute Gasteiger partial charge is 0.234 e. The van der Waals surface area contributed by atoms with Gasteiger partial charge in [-0.3, -0.25) is 14.3 Å². The normalized spacial score (nSPS) is 10.9. The first-order valence-corrected chi connectivity index (χ1v) is 11.7. The van der Waals surface area contributed by atoms with Crippen LogP contribution in [0.5, 0.6) is 0 Å². The van der Waals surface area contributed by atoms with E-state index in [0.717, 1.165) is 35.2 Å². The van der Waals surface area contributed by atoms with Crippen molar-refractivity contribution in [3.05, 3.63) is 83.9 Å². The molecule has 6 nitrogen and oxygen atoms in total. The maximum atomic E-state index is 13.5. The molecule has 4 rings (SSSR count). The van der Waals surface area contributed by atoms with Gasteiger partial charge in [0, 0.05) is 29.3 Å². The molecule has 0 aliphatic rings. The molecule has 0 atom stereocenters. The summed E-state index contributed by atoms with van der Waals surface area (Å²) in [5.74, 6) is 0.315. The van der Waals surface area contributed by atoms with Crippen LogP contribution >= 0.6 is 11.8 Å². The molecule has 8 heteroatoms. The van der Waals surface area contributed by atoms with Gasteiger partial charge < -0.3 is 5.32 Å². The predicted octanol–water partition coefficient (Wildman–Crippen LogP) is 5.32. The molecule has 0 saturated carbocycles. The molecular weight excluding hydrogens is 437 g/mol. The van der Waals surface area contributed by atoms with E-state index in [1.54, 1.807) is 24.5 Å². The average Bonchev–Trinajstić information content (AvgIpc) is 3.28. The van der Waals surface area contributed by atoms with Gasteiger partial charge in [0.25, 0.3) is 0 Å². The first kappa shape index (κ1) is 22.7. The topological polar surface area (TPSA) is 72.7 Å². The first-order chi connectivity index (χ1) is 16.1. The van der Waals surface area contributed by atoms with Gasteiger partial charge in [-0.05, 0) is 60.4 Å². The highest BCUT2D eigenvalue weighted by molar-refractivity contribution is 7.99. The highest BCUT2D eigenvalue weighted by atomic mass is 32.2. The molecule has 2 aromatic heterocycles. The highest BCUT2D eigenvalue weighted by Gasteiger charge is 2.18. The maximum Gasteiger partial charge on any atom is 0.234 e. The summed E-state index contributed by atoms with van der Waals surface area (Å²) >= 11 is 1.28. The number of hydrogen-bond donors (Lipinski definition) is 1. The monoisotopic (exact) mass is 461 g/mol. The number of amides is 1. The molecule has 0 aliphatic heterocycles. The second kappa shape index (κ2) is 10.4. The second-order valence-corrected chi connectivity index (χ2v) is 8.29. The van der Waals surface area contributed by atoms with Crippen LogP contribution in [0.4, 0.5) is 10.1 Å². The SMILES string of the molecule is CCc1cccc(CC)c1NC(=O)CSc1nnc(-c2ccncc2)n1-c1ccc(F)cc1. The third-order valence-electron chi connectivity index (χ3n) is 5.25. The van der Waals surface area contributed by atoms with Gasteiger partial charge >= 0.3 is 0 Å². The predicted molar refractivity (Wildman–Crippen MR) is 129 cm³/mol. The van der Waals surface area contributed by atoms with Crippen molar-refractivity contribution >= 4 is 23.4 Å². The Hall–Kier alpha value is -3.52. The summed E-state index contributed by atoms with van der Waals surface area (Å²) in [4.78, 5) is 16.9. The Morgan fingerprint density at radius 1 is 0.970 bits per heavy atom. The molecule has 0 aliphatic carbocycles. The van der Waals surface area contributed by atoms with Gasteiger partial charge in [0.15, 0.2) is 11.0 Å². The number of pyridine rings is 1. The van der Waals surface area contributed by atoms with E-state index >= 15 is 0 Å². The van der Waals surface area contributed by atoms with Crippen LogP contribution in [0.3, 0.4) is 0 Å². The summed E-state index contributed by atoms with van der Waals surface area (Å²) in [5.41, 5.74) is 4.65. The summed E-state index contributed by atoms with van der Waals surface area (Å²) in [7, 11) is 0. The lowest BCUT2D eigenvalue weighted by Crippen LogP contribution is -2.17. The third kappa shape index (κ3) is 5.12. The second-order valence-electron chi connectivity index (χ2n) is 7.35. The number of hydrogen-bond acceptors (Lipinski definition) is 5. The number of carbonyl (C=O) groups excluding carboxylic acids is 1. The molecule has 1 N–H and O–H groups in total. The van der Waals surface area contributed by atoms with Crippen molar-refractivity contribution in [3.63, 3.8) is 0 Å². The Bertz CT molecular complexity index is 1220. The number of carbonyl (C=O) groups is 1. The van der Waals surface area contributed by atoms with Crippen molar-refractivity contribution in [3.8, 4) is 17.1 Å². The number of aromatic nitrogens is 4. The lowest BCUT2D eigenvalue weighted by Gasteiger charge is -2.14. The van der Waals surface area contributed by atoms with E-state index in [1.165, 1.54) is 23.9 Å². The summed E-state index contributed by atoms with van der Waals surface area (Å²) in [6.45, 7) is 4.15. The van der Waals surface area contributed by atoms with Crippen LogP contribution in [0.1, 0.15) is 25.0 Å². The van der Waals surface area contributed by atoms with E-state index in [2.05, 4.69) is 34.3 Å². The number of nitrogens with one attached hydrogen (secondary N) is 1. The molecule has 168 valence electrons. The average molecular weight is 462 g/mol. The van der Waals surface area contributed by atoms with E-state index in [0.29, 0.717) is 16.7 Å². The summed E-state index contributed by atoms with van der Waals surface area (Å²) in [5, 5.41) is 12.3. The number of nitrogens with zero attached hydrogens (tertiary/aromatic N) is 4. The molecular formula is C25H24FN5OS. The van der Waals surface area contributed by atoms with Crippen LogP contribution in [-0.4, -0.2) is 31.4 Å². The van der Waals surface area contributed by atoms with E-state index in [9.17, 15) is 9.18 Å². The fraction of sp³-hybridized carbons (Fsp3) is 0.200.